The molecule has 0 radical (unpaired) electrons. The molecule has 20 heavy (non-hydrogen) atoms. The van der Waals surface area contributed by atoms with Crippen molar-refractivity contribution >= 4 is 27.8 Å². The van der Waals surface area contributed by atoms with Crippen LogP contribution in [0, 0.1) is 5.41 Å². The number of carboxylic acid groups (broad SMARTS) is 1. The fraction of sp³-hybridized carbons (Fsp3) is 0.385. The number of rotatable bonds is 3. The maximum atomic E-state index is 12.1. The van der Waals surface area contributed by atoms with E-state index in [0.29, 0.717) is 4.47 Å². The second kappa shape index (κ2) is 5.41. The second-order valence-corrected chi connectivity index (χ2v) is 5.84. The van der Waals surface area contributed by atoms with E-state index in [2.05, 4.69) is 21.2 Å². The molecule has 1 aromatic rings. The van der Waals surface area contributed by atoms with Gasteiger partial charge in [0.05, 0.1) is 24.8 Å². The number of benzene rings is 1. The zero-order valence-electron chi connectivity index (χ0n) is 10.7. The van der Waals surface area contributed by atoms with Crippen molar-refractivity contribution < 1.29 is 24.5 Å². The summed E-state index contributed by atoms with van der Waals surface area (Å²) in [5.74, 6) is -1.73. The summed E-state index contributed by atoms with van der Waals surface area (Å²) >= 11 is 3.21. The van der Waals surface area contributed by atoms with Crippen LogP contribution >= 0.6 is 15.9 Å². The highest BCUT2D eigenvalue weighted by atomic mass is 79.9. The van der Waals surface area contributed by atoms with E-state index >= 15 is 0 Å². The molecule has 2 atom stereocenters. The lowest BCUT2D eigenvalue weighted by molar-refractivity contribution is -0.148. The van der Waals surface area contributed by atoms with Gasteiger partial charge in [-0.2, -0.15) is 0 Å². The standard InChI is InChI=1S/C13H14BrNO5/c1-13(12(18)19)6-20-5-10(13)15-11(17)8-4-7(14)2-3-9(8)16/h2-4,10,16H,5-6H2,1H3,(H,15,17)(H,18,19). The molecule has 0 spiro atoms. The predicted octanol–water partition coefficient (Wildman–Crippen LogP) is 1.37. The number of phenols is 1. The first-order valence-electron chi connectivity index (χ1n) is 5.95. The monoisotopic (exact) mass is 343 g/mol. The Morgan fingerprint density at radius 1 is 1.50 bits per heavy atom. The van der Waals surface area contributed by atoms with Gasteiger partial charge in [-0.15, -0.1) is 0 Å². The number of aliphatic carboxylic acids is 1. The van der Waals surface area contributed by atoms with Crippen molar-refractivity contribution in [3.05, 3.63) is 28.2 Å². The average Bonchev–Trinajstić information content (AvgIpc) is 2.75. The van der Waals surface area contributed by atoms with Crippen LogP contribution in [0.15, 0.2) is 22.7 Å². The van der Waals surface area contributed by atoms with Gasteiger partial charge >= 0.3 is 5.97 Å². The first kappa shape index (κ1) is 14.8. The number of amides is 1. The number of hydrogen-bond donors (Lipinski definition) is 3. The third-order valence-electron chi connectivity index (χ3n) is 3.45. The smallest absolute Gasteiger partial charge is 0.313 e. The van der Waals surface area contributed by atoms with E-state index in [0.717, 1.165) is 0 Å². The van der Waals surface area contributed by atoms with Crippen LogP contribution in [0.4, 0.5) is 0 Å². The SMILES string of the molecule is CC1(C(=O)O)COCC1NC(=O)c1cc(Br)ccc1O. The van der Waals surface area contributed by atoms with Crippen molar-refractivity contribution in [1.29, 1.82) is 0 Å². The zero-order valence-corrected chi connectivity index (χ0v) is 12.3. The van der Waals surface area contributed by atoms with E-state index in [1.807, 2.05) is 0 Å². The summed E-state index contributed by atoms with van der Waals surface area (Å²) < 4.78 is 5.80. The van der Waals surface area contributed by atoms with Crippen LogP contribution in [0.1, 0.15) is 17.3 Å². The molecule has 1 fully saturated rings. The van der Waals surface area contributed by atoms with Gasteiger partial charge in [0.1, 0.15) is 11.2 Å². The summed E-state index contributed by atoms with van der Waals surface area (Å²) in [5.41, 5.74) is -1.09. The Balaban J connectivity index is 2.19. The van der Waals surface area contributed by atoms with E-state index < -0.39 is 23.3 Å². The number of carbonyl (C=O) groups excluding carboxylic acids is 1. The molecule has 0 aromatic heterocycles. The number of ether oxygens (including phenoxy) is 1. The van der Waals surface area contributed by atoms with Crippen LogP contribution in [0.2, 0.25) is 0 Å². The summed E-state index contributed by atoms with van der Waals surface area (Å²) in [6.45, 7) is 1.69. The first-order chi connectivity index (χ1) is 9.34. The Labute approximate surface area is 123 Å². The number of carboxylic acids is 1. The predicted molar refractivity (Wildman–Crippen MR) is 73.6 cm³/mol. The molecule has 1 aromatic carbocycles. The molecule has 3 N–H and O–H groups in total. The van der Waals surface area contributed by atoms with Gasteiger partial charge in [-0.3, -0.25) is 9.59 Å². The molecule has 1 amide bonds. The largest absolute Gasteiger partial charge is 0.507 e. The van der Waals surface area contributed by atoms with Crippen molar-refractivity contribution in [2.24, 2.45) is 5.41 Å². The van der Waals surface area contributed by atoms with Gasteiger partial charge in [0.2, 0.25) is 0 Å². The summed E-state index contributed by atoms with van der Waals surface area (Å²) in [4.78, 5) is 23.4. The lowest BCUT2D eigenvalue weighted by Gasteiger charge is -2.25. The third-order valence-corrected chi connectivity index (χ3v) is 3.95. The number of halogens is 1. The van der Waals surface area contributed by atoms with Crippen LogP contribution in [-0.4, -0.2) is 41.3 Å². The molecule has 2 unspecified atom stereocenters. The highest BCUT2D eigenvalue weighted by Gasteiger charge is 2.47. The zero-order chi connectivity index (χ0) is 14.9. The lowest BCUT2D eigenvalue weighted by atomic mass is 9.85. The minimum absolute atomic E-state index is 0.0394. The first-order valence-corrected chi connectivity index (χ1v) is 6.74. The molecule has 108 valence electrons. The fourth-order valence-electron chi connectivity index (χ4n) is 2.01. The number of aromatic hydroxyl groups is 1. The van der Waals surface area contributed by atoms with Gasteiger partial charge in [-0.05, 0) is 25.1 Å². The Morgan fingerprint density at radius 2 is 2.20 bits per heavy atom. The van der Waals surface area contributed by atoms with Crippen LogP contribution < -0.4 is 5.32 Å². The number of nitrogens with one attached hydrogen (secondary N) is 1. The van der Waals surface area contributed by atoms with E-state index in [9.17, 15) is 19.8 Å². The molecule has 1 aliphatic rings. The van der Waals surface area contributed by atoms with Gasteiger partial charge < -0.3 is 20.3 Å². The van der Waals surface area contributed by atoms with E-state index in [4.69, 9.17) is 4.74 Å². The molecule has 6 nitrogen and oxygen atoms in total. The summed E-state index contributed by atoms with van der Waals surface area (Å²) in [7, 11) is 0. The minimum atomic E-state index is -1.17. The topological polar surface area (TPSA) is 95.9 Å². The molecule has 7 heteroatoms. The summed E-state index contributed by atoms with van der Waals surface area (Å²) in [5, 5.41) is 21.5. The molecule has 1 saturated heterocycles. The van der Waals surface area contributed by atoms with E-state index in [1.54, 1.807) is 6.07 Å². The summed E-state index contributed by atoms with van der Waals surface area (Å²) in [6, 6.07) is 3.82. The third kappa shape index (κ3) is 2.64. The van der Waals surface area contributed by atoms with Crippen molar-refractivity contribution in [3.63, 3.8) is 0 Å². The molecule has 0 aliphatic carbocycles. The highest BCUT2D eigenvalue weighted by Crippen LogP contribution is 2.29. The Kier molecular flexibility index (Phi) is 4.01. The van der Waals surface area contributed by atoms with Crippen molar-refractivity contribution in [3.8, 4) is 5.75 Å². The van der Waals surface area contributed by atoms with Gasteiger partial charge in [0.25, 0.3) is 5.91 Å². The molecule has 1 aliphatic heterocycles. The Morgan fingerprint density at radius 3 is 2.85 bits per heavy atom. The van der Waals surface area contributed by atoms with Crippen LogP contribution in [-0.2, 0) is 9.53 Å². The van der Waals surface area contributed by atoms with Crippen molar-refractivity contribution in [2.75, 3.05) is 13.2 Å². The quantitative estimate of drug-likeness (QED) is 0.770. The van der Waals surface area contributed by atoms with E-state index in [-0.39, 0.29) is 24.5 Å². The van der Waals surface area contributed by atoms with Gasteiger partial charge in [-0.25, -0.2) is 0 Å². The van der Waals surface area contributed by atoms with Gasteiger partial charge in [-0.1, -0.05) is 15.9 Å². The van der Waals surface area contributed by atoms with Gasteiger partial charge in [0.15, 0.2) is 0 Å². The normalized spacial score (nSPS) is 25.4. The van der Waals surface area contributed by atoms with Crippen molar-refractivity contribution in [1.82, 2.24) is 5.32 Å². The summed E-state index contributed by atoms with van der Waals surface area (Å²) in [6.07, 6.45) is 0. The second-order valence-electron chi connectivity index (χ2n) is 4.93. The lowest BCUT2D eigenvalue weighted by Crippen LogP contribution is -2.49. The van der Waals surface area contributed by atoms with E-state index in [1.165, 1.54) is 19.1 Å². The van der Waals surface area contributed by atoms with Gasteiger partial charge in [0, 0.05) is 4.47 Å². The number of carbonyl (C=O) groups is 2. The molecule has 0 bridgehead atoms. The molecule has 0 saturated carbocycles. The number of phenolic OH excluding ortho intramolecular Hbond substituents is 1. The molecular formula is C13H14BrNO5. The van der Waals surface area contributed by atoms with Crippen LogP contribution in [0.25, 0.3) is 0 Å². The molecular weight excluding hydrogens is 330 g/mol. The van der Waals surface area contributed by atoms with Crippen molar-refractivity contribution in [2.45, 2.75) is 13.0 Å². The highest BCUT2D eigenvalue weighted by molar-refractivity contribution is 9.10. The average molecular weight is 344 g/mol. The Hall–Kier alpha value is -1.60. The maximum absolute atomic E-state index is 12.1. The van der Waals surface area contributed by atoms with Crippen LogP contribution in [0.5, 0.6) is 5.75 Å². The Bertz CT molecular complexity index is 562. The molecule has 1 heterocycles. The minimum Gasteiger partial charge on any atom is -0.507 e. The molecule has 2 rings (SSSR count). The maximum Gasteiger partial charge on any atom is 0.313 e. The number of hydrogen-bond acceptors (Lipinski definition) is 4. The fourth-order valence-corrected chi connectivity index (χ4v) is 2.37. The van der Waals surface area contributed by atoms with Crippen LogP contribution in [0.3, 0.4) is 0 Å².